The van der Waals surface area contributed by atoms with Gasteiger partial charge in [0.05, 0.1) is 16.8 Å². The molecule has 0 radical (unpaired) electrons. The fourth-order valence-corrected chi connectivity index (χ4v) is 10.4. The molecule has 0 saturated carbocycles. The number of benzene rings is 8. The van der Waals surface area contributed by atoms with Gasteiger partial charge in [-0.25, -0.2) is 0 Å². The van der Waals surface area contributed by atoms with Crippen LogP contribution < -0.4 is 4.90 Å². The maximum atomic E-state index is 4.43. The van der Waals surface area contributed by atoms with Crippen molar-refractivity contribution in [2.75, 3.05) is 4.90 Å². The van der Waals surface area contributed by atoms with Gasteiger partial charge in [0, 0.05) is 54.6 Å². The van der Waals surface area contributed by atoms with Crippen LogP contribution in [0.25, 0.3) is 53.2 Å². The lowest BCUT2D eigenvalue weighted by atomic mass is 9.67. The number of hydrogen-bond acceptors (Lipinski definition) is 3. The summed E-state index contributed by atoms with van der Waals surface area (Å²) >= 11 is 1.87. The summed E-state index contributed by atoms with van der Waals surface area (Å²) in [5.41, 5.74) is 12.9. The van der Waals surface area contributed by atoms with Gasteiger partial charge >= 0.3 is 0 Å². The van der Waals surface area contributed by atoms with Gasteiger partial charge in [0.25, 0.3) is 0 Å². The summed E-state index contributed by atoms with van der Waals surface area (Å²) in [5.74, 6) is 0. The summed E-state index contributed by atoms with van der Waals surface area (Å²) in [4.78, 5) is 6.94. The van der Waals surface area contributed by atoms with E-state index in [2.05, 4.69) is 204 Å². The van der Waals surface area contributed by atoms with Gasteiger partial charge in [-0.05, 0) is 75.3 Å². The third kappa shape index (κ3) is 4.77. The molecule has 0 atom stereocenters. The zero-order chi connectivity index (χ0) is 36.3. The van der Waals surface area contributed by atoms with Gasteiger partial charge in [0.2, 0.25) is 0 Å². The van der Waals surface area contributed by atoms with E-state index in [-0.39, 0.29) is 0 Å². The summed E-state index contributed by atoms with van der Waals surface area (Å²) in [7, 11) is 0. The molecule has 0 fully saturated rings. The third-order valence-corrected chi connectivity index (χ3v) is 12.6. The minimum Gasteiger partial charge on any atom is -0.309 e. The Kier molecular flexibility index (Phi) is 7.29. The number of para-hydroxylation sites is 1. The van der Waals surface area contributed by atoms with Gasteiger partial charge in [-0.15, -0.1) is 11.3 Å². The van der Waals surface area contributed by atoms with Crippen LogP contribution in [-0.2, 0) is 5.41 Å². The van der Waals surface area contributed by atoms with Crippen LogP contribution in [0.2, 0.25) is 0 Å². The minimum atomic E-state index is -0.511. The summed E-state index contributed by atoms with van der Waals surface area (Å²) in [6, 6.07) is 71.4. The monoisotopic (exact) mass is 718 g/mol. The first-order valence-electron chi connectivity index (χ1n) is 18.8. The first kappa shape index (κ1) is 31.7. The van der Waals surface area contributed by atoms with Crippen LogP contribution in [0.15, 0.2) is 207 Å². The maximum Gasteiger partial charge on any atom is 0.0714 e. The number of thiophene rings is 1. The first-order chi connectivity index (χ1) is 27.3. The summed E-state index contributed by atoms with van der Waals surface area (Å²) < 4.78 is 2.55. The SMILES string of the molecule is c1ccc(-c2ccccc2N(c2ccc3c(c2)C(c2ccccc2)(c2ccccc2)c2ccccc2-3)c2cccc3sc4c5ccncc5ccc4c23)cc1. The minimum absolute atomic E-state index is 0.511. The molecule has 0 unspecified atom stereocenters. The van der Waals surface area contributed by atoms with Crippen LogP contribution in [0.5, 0.6) is 0 Å². The van der Waals surface area contributed by atoms with Crippen LogP contribution in [-0.4, -0.2) is 4.98 Å². The van der Waals surface area contributed by atoms with Crippen molar-refractivity contribution in [3.63, 3.8) is 0 Å². The number of nitrogens with zero attached hydrogens (tertiary/aromatic N) is 2. The molecule has 258 valence electrons. The lowest BCUT2D eigenvalue weighted by Crippen LogP contribution is -2.28. The van der Waals surface area contributed by atoms with Crippen LogP contribution in [0.3, 0.4) is 0 Å². The second-order valence-electron chi connectivity index (χ2n) is 14.3. The van der Waals surface area contributed by atoms with Crippen molar-refractivity contribution in [1.29, 1.82) is 0 Å². The van der Waals surface area contributed by atoms with Gasteiger partial charge in [-0.1, -0.05) is 158 Å². The molecule has 3 heteroatoms. The standard InChI is InChI=1S/C52H34N2S/c1-4-15-35(16-5-1)40-21-11-13-24-47(40)54(48-25-14-26-49-50(48)44-29-27-36-34-53-32-31-41(36)51(44)55-49)39-28-30-43-42-22-10-12-23-45(42)52(46(43)33-39,37-17-6-2-7-18-37)38-19-8-3-9-20-38/h1-34H. The molecule has 0 spiro atoms. The first-order valence-corrected chi connectivity index (χ1v) is 19.6. The Hall–Kier alpha value is -6.81. The Labute approximate surface area is 324 Å². The number of pyridine rings is 1. The maximum absolute atomic E-state index is 4.43. The van der Waals surface area contributed by atoms with Gasteiger partial charge in [-0.2, -0.15) is 0 Å². The highest BCUT2D eigenvalue weighted by Crippen LogP contribution is 2.58. The van der Waals surface area contributed by atoms with Crippen molar-refractivity contribution < 1.29 is 0 Å². The molecule has 0 saturated heterocycles. The molecule has 1 aliphatic rings. The van der Waals surface area contributed by atoms with E-state index in [9.17, 15) is 0 Å². The largest absolute Gasteiger partial charge is 0.309 e. The fourth-order valence-electron chi connectivity index (χ4n) is 9.13. The van der Waals surface area contributed by atoms with E-state index < -0.39 is 5.41 Å². The lowest BCUT2D eigenvalue weighted by molar-refractivity contribution is 0.768. The van der Waals surface area contributed by atoms with Crippen molar-refractivity contribution in [1.82, 2.24) is 4.98 Å². The predicted octanol–water partition coefficient (Wildman–Crippen LogP) is 14.1. The molecule has 55 heavy (non-hydrogen) atoms. The molecule has 0 N–H and O–H groups in total. The lowest BCUT2D eigenvalue weighted by Gasteiger charge is -2.35. The van der Waals surface area contributed by atoms with Crippen LogP contribution in [0, 0.1) is 0 Å². The van der Waals surface area contributed by atoms with E-state index in [1.54, 1.807) is 0 Å². The van der Waals surface area contributed by atoms with Crippen molar-refractivity contribution in [3.8, 4) is 22.3 Å². The Morgan fingerprint density at radius 2 is 1.13 bits per heavy atom. The molecule has 2 nitrogen and oxygen atoms in total. The number of rotatable bonds is 6. The van der Waals surface area contributed by atoms with E-state index in [0.29, 0.717) is 0 Å². The van der Waals surface area contributed by atoms with E-state index >= 15 is 0 Å². The smallest absolute Gasteiger partial charge is 0.0714 e. The molecule has 0 aliphatic heterocycles. The second kappa shape index (κ2) is 12.7. The van der Waals surface area contributed by atoms with E-state index in [1.165, 1.54) is 70.1 Å². The molecular formula is C52H34N2S. The van der Waals surface area contributed by atoms with Crippen LogP contribution >= 0.6 is 11.3 Å². The van der Waals surface area contributed by atoms with Gasteiger partial charge in [0.1, 0.15) is 0 Å². The van der Waals surface area contributed by atoms with Crippen LogP contribution in [0.4, 0.5) is 17.1 Å². The molecule has 0 amide bonds. The van der Waals surface area contributed by atoms with Crippen molar-refractivity contribution in [3.05, 3.63) is 229 Å². The second-order valence-corrected chi connectivity index (χ2v) is 15.3. The highest BCUT2D eigenvalue weighted by atomic mass is 32.1. The van der Waals surface area contributed by atoms with Crippen molar-refractivity contribution in [2.45, 2.75) is 5.41 Å². The molecule has 1 aliphatic carbocycles. The Bertz CT molecular complexity index is 3000. The quantitative estimate of drug-likeness (QED) is 0.170. The molecule has 11 rings (SSSR count). The van der Waals surface area contributed by atoms with Gasteiger partial charge in [-0.3, -0.25) is 4.98 Å². The normalized spacial score (nSPS) is 12.9. The molecular weight excluding hydrogens is 685 g/mol. The number of anilines is 3. The number of aromatic nitrogens is 1. The molecule has 10 aromatic rings. The number of fused-ring (bicyclic) bond motifs is 8. The van der Waals surface area contributed by atoms with E-state index in [0.717, 1.165) is 22.4 Å². The van der Waals surface area contributed by atoms with Gasteiger partial charge < -0.3 is 4.90 Å². The third-order valence-electron chi connectivity index (χ3n) is 11.4. The Morgan fingerprint density at radius 1 is 0.473 bits per heavy atom. The predicted molar refractivity (Wildman–Crippen MR) is 232 cm³/mol. The molecule has 8 aromatic carbocycles. The number of hydrogen-bond donors (Lipinski definition) is 0. The Morgan fingerprint density at radius 3 is 1.91 bits per heavy atom. The van der Waals surface area contributed by atoms with E-state index in [1.807, 2.05) is 23.7 Å². The summed E-state index contributed by atoms with van der Waals surface area (Å²) in [6.07, 6.45) is 3.88. The summed E-state index contributed by atoms with van der Waals surface area (Å²) in [6.45, 7) is 0. The topological polar surface area (TPSA) is 16.1 Å². The van der Waals surface area contributed by atoms with Crippen molar-refractivity contribution in [2.24, 2.45) is 0 Å². The van der Waals surface area contributed by atoms with Crippen molar-refractivity contribution >= 4 is 59.3 Å². The molecule has 2 aromatic heterocycles. The average molecular weight is 719 g/mol. The molecule has 0 bridgehead atoms. The zero-order valence-electron chi connectivity index (χ0n) is 29.9. The highest BCUT2D eigenvalue weighted by Gasteiger charge is 2.46. The summed E-state index contributed by atoms with van der Waals surface area (Å²) in [5, 5.41) is 4.91. The Balaban J connectivity index is 1.25. The average Bonchev–Trinajstić information content (AvgIpc) is 3.80. The fraction of sp³-hybridized carbons (Fsp3) is 0.0192. The zero-order valence-corrected chi connectivity index (χ0v) is 30.7. The van der Waals surface area contributed by atoms with Crippen LogP contribution in [0.1, 0.15) is 22.3 Å². The van der Waals surface area contributed by atoms with Gasteiger partial charge in [0.15, 0.2) is 0 Å². The molecule has 2 heterocycles. The highest BCUT2D eigenvalue weighted by molar-refractivity contribution is 7.26. The van der Waals surface area contributed by atoms with E-state index in [4.69, 9.17) is 0 Å².